The van der Waals surface area contributed by atoms with Gasteiger partial charge in [-0.2, -0.15) is 0 Å². The van der Waals surface area contributed by atoms with Crippen molar-refractivity contribution in [1.29, 1.82) is 0 Å². The van der Waals surface area contributed by atoms with Crippen molar-refractivity contribution in [2.45, 2.75) is 13.8 Å². The Morgan fingerprint density at radius 2 is 1.59 bits per heavy atom. The maximum absolute atomic E-state index is 11.4. The lowest BCUT2D eigenvalue weighted by molar-refractivity contribution is -0.136. The molecule has 8 heteroatoms. The topological polar surface area (TPSA) is 114 Å². The van der Waals surface area contributed by atoms with Crippen LogP contribution in [0, 0.1) is 0 Å². The monoisotopic (exact) mass is 241 g/mol. The van der Waals surface area contributed by atoms with Gasteiger partial charge in [0.1, 0.15) is 0 Å². The highest BCUT2D eigenvalue weighted by Crippen LogP contribution is 2.06. The summed E-state index contributed by atoms with van der Waals surface area (Å²) in [5, 5.41) is 0. The molecule has 1 aromatic rings. The van der Waals surface area contributed by atoms with Crippen LogP contribution < -0.4 is 17.1 Å². The van der Waals surface area contributed by atoms with Gasteiger partial charge in [0.2, 0.25) is 0 Å². The van der Waals surface area contributed by atoms with Crippen molar-refractivity contribution in [2.24, 2.45) is 0 Å². The first kappa shape index (κ1) is 12.7. The van der Waals surface area contributed by atoms with Gasteiger partial charge < -0.3 is 4.74 Å². The fourth-order valence-corrected chi connectivity index (χ4v) is 1.20. The van der Waals surface area contributed by atoms with Crippen LogP contribution in [0.3, 0.4) is 0 Å². The van der Waals surface area contributed by atoms with E-state index in [1.54, 1.807) is 0 Å². The summed E-state index contributed by atoms with van der Waals surface area (Å²) < 4.78 is 5.11. The number of ether oxygens (including phenoxy) is 1. The molecule has 0 aliphatic carbocycles. The average Bonchev–Trinajstić information content (AvgIpc) is 2.25. The van der Waals surface area contributed by atoms with E-state index >= 15 is 0 Å². The standard InChI is InChI=1S/C9H11N3O5/c1-4(6(13)17-3)5(2)12-8(15)10-7(14)11-9(12)16/h1-3H3,(H2,10,11,14,15,16). The first-order valence-electron chi connectivity index (χ1n) is 4.60. The molecule has 0 fully saturated rings. The van der Waals surface area contributed by atoms with Crippen molar-refractivity contribution in [2.75, 3.05) is 7.11 Å². The number of hydrogen-bond donors (Lipinski definition) is 2. The molecule has 0 atom stereocenters. The van der Waals surface area contributed by atoms with Crippen LogP contribution in [0.2, 0.25) is 0 Å². The third-order valence-corrected chi connectivity index (χ3v) is 2.22. The molecule has 8 nitrogen and oxygen atoms in total. The first-order valence-corrected chi connectivity index (χ1v) is 4.60. The van der Waals surface area contributed by atoms with Gasteiger partial charge in [-0.25, -0.2) is 23.7 Å². The van der Waals surface area contributed by atoms with Gasteiger partial charge >= 0.3 is 23.0 Å². The zero-order valence-electron chi connectivity index (χ0n) is 9.49. The number of hydrogen-bond acceptors (Lipinski definition) is 5. The Morgan fingerprint density at radius 1 is 1.12 bits per heavy atom. The van der Waals surface area contributed by atoms with Crippen LogP contribution >= 0.6 is 0 Å². The van der Waals surface area contributed by atoms with Gasteiger partial charge in [0, 0.05) is 5.70 Å². The molecule has 0 aliphatic rings. The van der Waals surface area contributed by atoms with Crippen molar-refractivity contribution in [3.63, 3.8) is 0 Å². The van der Waals surface area contributed by atoms with E-state index in [1.807, 2.05) is 9.97 Å². The number of rotatable bonds is 2. The van der Waals surface area contributed by atoms with Crippen molar-refractivity contribution >= 4 is 11.7 Å². The van der Waals surface area contributed by atoms with Crippen LogP contribution in [0.25, 0.3) is 5.70 Å². The number of nitrogens with zero attached hydrogens (tertiary/aromatic N) is 1. The summed E-state index contributed by atoms with van der Waals surface area (Å²) in [5.74, 6) is -0.667. The summed E-state index contributed by atoms with van der Waals surface area (Å²) >= 11 is 0. The molecule has 0 amide bonds. The maximum atomic E-state index is 11.4. The maximum Gasteiger partial charge on any atom is 0.338 e. The Bertz CT molecular complexity index is 611. The Labute approximate surface area is 94.6 Å². The second kappa shape index (κ2) is 4.64. The Morgan fingerprint density at radius 3 is 2.00 bits per heavy atom. The number of aromatic nitrogens is 3. The molecule has 0 saturated heterocycles. The lowest BCUT2D eigenvalue weighted by Gasteiger charge is -2.06. The lowest BCUT2D eigenvalue weighted by atomic mass is 10.2. The number of carbonyl (C=O) groups excluding carboxylic acids is 1. The smallest absolute Gasteiger partial charge is 0.338 e. The van der Waals surface area contributed by atoms with Crippen molar-refractivity contribution in [3.05, 3.63) is 37.0 Å². The molecule has 2 N–H and O–H groups in total. The van der Waals surface area contributed by atoms with Crippen LogP contribution in [-0.2, 0) is 9.53 Å². The lowest BCUT2D eigenvalue weighted by Crippen LogP contribution is -2.42. The predicted molar refractivity (Wildman–Crippen MR) is 58.5 cm³/mol. The van der Waals surface area contributed by atoms with Gasteiger partial charge in [0.25, 0.3) is 0 Å². The van der Waals surface area contributed by atoms with E-state index in [4.69, 9.17) is 0 Å². The number of H-pyrrole nitrogens is 2. The van der Waals surface area contributed by atoms with Crippen LogP contribution in [0.1, 0.15) is 13.8 Å². The molecular formula is C9H11N3O5. The Balaban J connectivity index is 3.57. The number of methoxy groups -OCH3 is 1. The highest BCUT2D eigenvalue weighted by Gasteiger charge is 2.12. The molecule has 92 valence electrons. The van der Waals surface area contributed by atoms with Gasteiger partial charge in [-0.05, 0) is 13.8 Å². The number of allylic oxidation sites excluding steroid dienone is 1. The number of carbonyl (C=O) groups is 1. The minimum atomic E-state index is -0.917. The van der Waals surface area contributed by atoms with Crippen LogP contribution in [-0.4, -0.2) is 27.6 Å². The molecule has 0 spiro atoms. The van der Waals surface area contributed by atoms with Gasteiger partial charge in [-0.3, -0.25) is 9.97 Å². The minimum absolute atomic E-state index is 0.0827. The summed E-state index contributed by atoms with van der Waals surface area (Å²) in [6, 6.07) is 0. The molecule has 0 saturated carbocycles. The summed E-state index contributed by atoms with van der Waals surface area (Å²) in [5.41, 5.74) is -2.56. The van der Waals surface area contributed by atoms with Gasteiger partial charge in [0.05, 0.1) is 12.7 Å². The predicted octanol–water partition coefficient (Wildman–Crippen LogP) is -1.35. The quantitative estimate of drug-likeness (QED) is 0.490. The minimum Gasteiger partial charge on any atom is -0.466 e. The molecule has 0 aliphatic heterocycles. The summed E-state index contributed by atoms with van der Waals surface area (Å²) in [6.45, 7) is 2.79. The molecule has 0 unspecified atom stereocenters. The molecule has 1 aromatic heterocycles. The molecule has 1 heterocycles. The number of esters is 1. The zero-order chi connectivity index (χ0) is 13.2. The van der Waals surface area contributed by atoms with Gasteiger partial charge in [0.15, 0.2) is 0 Å². The van der Waals surface area contributed by atoms with Gasteiger partial charge in [-0.1, -0.05) is 0 Å². The van der Waals surface area contributed by atoms with E-state index in [1.165, 1.54) is 21.0 Å². The van der Waals surface area contributed by atoms with Crippen LogP contribution in [0.4, 0.5) is 0 Å². The van der Waals surface area contributed by atoms with E-state index in [0.717, 1.165) is 0 Å². The Hall–Kier alpha value is -2.38. The average molecular weight is 241 g/mol. The van der Waals surface area contributed by atoms with E-state index in [-0.39, 0.29) is 11.3 Å². The van der Waals surface area contributed by atoms with E-state index < -0.39 is 23.0 Å². The molecule has 1 rings (SSSR count). The summed E-state index contributed by atoms with van der Waals surface area (Å²) in [7, 11) is 1.18. The summed E-state index contributed by atoms with van der Waals surface area (Å²) in [4.78, 5) is 48.7. The first-order chi connectivity index (χ1) is 7.88. The number of aromatic amines is 2. The molecule has 17 heavy (non-hydrogen) atoms. The zero-order valence-corrected chi connectivity index (χ0v) is 9.49. The molecule has 0 bridgehead atoms. The molecule has 0 radical (unpaired) electrons. The highest BCUT2D eigenvalue weighted by molar-refractivity contribution is 5.93. The van der Waals surface area contributed by atoms with Crippen molar-refractivity contribution in [3.8, 4) is 0 Å². The second-order valence-corrected chi connectivity index (χ2v) is 3.23. The van der Waals surface area contributed by atoms with E-state index in [9.17, 15) is 19.2 Å². The van der Waals surface area contributed by atoms with Crippen LogP contribution in [0.15, 0.2) is 20.0 Å². The third kappa shape index (κ3) is 2.41. The molecular weight excluding hydrogens is 230 g/mol. The van der Waals surface area contributed by atoms with Crippen molar-refractivity contribution < 1.29 is 9.53 Å². The SMILES string of the molecule is COC(=O)C(C)=C(C)n1c(=O)[nH]c(=O)[nH]c1=O. The normalized spacial score (nSPS) is 11.9. The Kier molecular flexibility index (Phi) is 3.46. The van der Waals surface area contributed by atoms with Gasteiger partial charge in [-0.15, -0.1) is 0 Å². The van der Waals surface area contributed by atoms with Crippen LogP contribution in [0.5, 0.6) is 0 Å². The van der Waals surface area contributed by atoms with E-state index in [0.29, 0.717) is 4.57 Å². The fourth-order valence-electron chi connectivity index (χ4n) is 1.20. The molecule has 0 aromatic carbocycles. The van der Waals surface area contributed by atoms with E-state index in [2.05, 4.69) is 4.74 Å². The van der Waals surface area contributed by atoms with Crippen molar-refractivity contribution in [1.82, 2.24) is 14.5 Å². The number of nitrogens with one attached hydrogen (secondary N) is 2. The fraction of sp³-hybridized carbons (Fsp3) is 0.333. The third-order valence-electron chi connectivity index (χ3n) is 2.22. The highest BCUT2D eigenvalue weighted by atomic mass is 16.5. The second-order valence-electron chi connectivity index (χ2n) is 3.23. The largest absolute Gasteiger partial charge is 0.466 e. The summed E-state index contributed by atoms with van der Waals surface area (Å²) in [6.07, 6.45) is 0.